The monoisotopic (exact) mass is 434 g/mol. The number of nitrogens with zero attached hydrogens (tertiary/aromatic N) is 4. The smallest absolute Gasteiger partial charge is 0.319 e. The van der Waals surface area contributed by atoms with Crippen LogP contribution in [0.25, 0.3) is 11.4 Å². The number of rotatable bonds is 8. The van der Waals surface area contributed by atoms with Gasteiger partial charge in [0, 0.05) is 18.1 Å². The summed E-state index contributed by atoms with van der Waals surface area (Å²) in [6.07, 6.45) is 3.29. The lowest BCUT2D eigenvalue weighted by Gasteiger charge is -2.08. The third-order valence-corrected chi connectivity index (χ3v) is 4.64. The fourth-order valence-corrected chi connectivity index (χ4v) is 2.99. The number of pyridine rings is 1. The van der Waals surface area contributed by atoms with Crippen LogP contribution in [0.1, 0.15) is 5.56 Å². The maximum atomic E-state index is 11.9. The van der Waals surface area contributed by atoms with E-state index in [2.05, 4.69) is 25.6 Å². The molecule has 2 N–H and O–H groups in total. The highest BCUT2D eigenvalue weighted by atomic mass is 32.2. The highest BCUT2D eigenvalue weighted by Gasteiger charge is 2.09. The molecule has 0 saturated carbocycles. The molecule has 2 heterocycles. The Labute approximate surface area is 182 Å². The van der Waals surface area contributed by atoms with Crippen LogP contribution in [0.15, 0.2) is 66.1 Å². The number of ether oxygens (including phenoxy) is 1. The molecule has 0 unspecified atom stereocenters. The van der Waals surface area contributed by atoms with Crippen LogP contribution in [-0.4, -0.2) is 45.9 Å². The average molecular weight is 434 g/mol. The Morgan fingerprint density at radius 3 is 2.61 bits per heavy atom. The van der Waals surface area contributed by atoms with Gasteiger partial charge in [-0.05, 0) is 42.5 Å². The van der Waals surface area contributed by atoms with Crippen LogP contribution < -0.4 is 10.6 Å². The molecule has 10 heteroatoms. The van der Waals surface area contributed by atoms with Gasteiger partial charge in [0.25, 0.3) is 0 Å². The SMILES string of the molecule is N#Cc1ccc(NC(=O)NCCOC(=O)CSc2nccc(-c3ccccn3)n2)cc1. The summed E-state index contributed by atoms with van der Waals surface area (Å²) in [7, 11) is 0. The van der Waals surface area contributed by atoms with E-state index in [-0.39, 0.29) is 18.9 Å². The van der Waals surface area contributed by atoms with Gasteiger partial charge in [-0.1, -0.05) is 17.8 Å². The molecule has 31 heavy (non-hydrogen) atoms. The topological polar surface area (TPSA) is 130 Å². The van der Waals surface area contributed by atoms with Gasteiger partial charge in [0.15, 0.2) is 5.16 Å². The normalized spacial score (nSPS) is 10.0. The highest BCUT2D eigenvalue weighted by molar-refractivity contribution is 7.99. The molecule has 0 spiro atoms. The van der Waals surface area contributed by atoms with E-state index < -0.39 is 12.0 Å². The Hall–Kier alpha value is -3.97. The maximum Gasteiger partial charge on any atom is 0.319 e. The van der Waals surface area contributed by atoms with Gasteiger partial charge in [-0.3, -0.25) is 9.78 Å². The second kappa shape index (κ2) is 11.3. The third kappa shape index (κ3) is 7.09. The lowest BCUT2D eigenvalue weighted by Crippen LogP contribution is -2.32. The van der Waals surface area contributed by atoms with Crippen LogP contribution in [0.3, 0.4) is 0 Å². The Bertz CT molecular complexity index is 1070. The number of hydrogen-bond acceptors (Lipinski definition) is 8. The molecular weight excluding hydrogens is 416 g/mol. The van der Waals surface area contributed by atoms with E-state index in [0.717, 1.165) is 17.5 Å². The zero-order valence-corrected chi connectivity index (χ0v) is 17.1. The Kier molecular flexibility index (Phi) is 7.90. The molecule has 0 atom stereocenters. The fourth-order valence-electron chi connectivity index (χ4n) is 2.37. The number of benzene rings is 1. The number of carbonyl (C=O) groups is 2. The molecule has 1 aromatic carbocycles. The van der Waals surface area contributed by atoms with Crippen molar-refractivity contribution in [3.63, 3.8) is 0 Å². The molecule has 0 fully saturated rings. The quantitative estimate of drug-likeness (QED) is 0.240. The van der Waals surface area contributed by atoms with Crippen molar-refractivity contribution in [1.29, 1.82) is 5.26 Å². The Morgan fingerprint density at radius 2 is 1.87 bits per heavy atom. The van der Waals surface area contributed by atoms with Crippen molar-refractivity contribution in [1.82, 2.24) is 20.3 Å². The van der Waals surface area contributed by atoms with Gasteiger partial charge >= 0.3 is 12.0 Å². The summed E-state index contributed by atoms with van der Waals surface area (Å²) in [5, 5.41) is 14.4. The summed E-state index contributed by atoms with van der Waals surface area (Å²) in [6.45, 7) is 0.194. The fraction of sp³-hybridized carbons (Fsp3) is 0.143. The lowest BCUT2D eigenvalue weighted by atomic mass is 10.2. The molecule has 0 saturated heterocycles. The number of amides is 2. The number of thioether (sulfide) groups is 1. The first-order chi connectivity index (χ1) is 15.1. The molecule has 156 valence electrons. The minimum atomic E-state index is -0.439. The van der Waals surface area contributed by atoms with Gasteiger partial charge in [0.05, 0.1) is 35.3 Å². The summed E-state index contributed by atoms with van der Waals surface area (Å²) in [4.78, 5) is 36.5. The summed E-state index contributed by atoms with van der Waals surface area (Å²) >= 11 is 1.16. The second-order valence-electron chi connectivity index (χ2n) is 6.02. The molecular formula is C21H18N6O3S. The van der Waals surface area contributed by atoms with Crippen molar-refractivity contribution >= 4 is 29.4 Å². The molecule has 0 aliphatic carbocycles. The molecule has 0 radical (unpaired) electrons. The number of aromatic nitrogens is 3. The minimum absolute atomic E-state index is 0.0367. The average Bonchev–Trinajstić information content (AvgIpc) is 2.82. The standard InChI is InChI=1S/C21H18N6O3S/c22-13-15-4-6-16(7-5-15)26-20(29)24-11-12-30-19(28)14-31-21-25-10-8-18(27-21)17-3-1-2-9-23-17/h1-10H,11-12,14H2,(H2,24,26,29). The number of esters is 1. The van der Waals surface area contributed by atoms with Crippen molar-refractivity contribution in [2.45, 2.75) is 5.16 Å². The number of hydrogen-bond donors (Lipinski definition) is 2. The lowest BCUT2D eigenvalue weighted by molar-refractivity contribution is -0.140. The first-order valence-electron chi connectivity index (χ1n) is 9.22. The molecule has 0 aliphatic heterocycles. The minimum Gasteiger partial charge on any atom is -0.463 e. The number of urea groups is 1. The summed E-state index contributed by atoms with van der Waals surface area (Å²) in [6, 6.07) is 15.3. The van der Waals surface area contributed by atoms with Gasteiger partial charge in [0.1, 0.15) is 6.61 Å². The van der Waals surface area contributed by atoms with Crippen molar-refractivity contribution in [2.75, 3.05) is 24.2 Å². The number of nitriles is 1. The van der Waals surface area contributed by atoms with Crippen molar-refractivity contribution in [3.05, 3.63) is 66.5 Å². The van der Waals surface area contributed by atoms with Gasteiger partial charge in [-0.2, -0.15) is 5.26 Å². The zero-order chi connectivity index (χ0) is 21.9. The second-order valence-corrected chi connectivity index (χ2v) is 6.96. The van der Waals surface area contributed by atoms with Crippen molar-refractivity contribution in [3.8, 4) is 17.5 Å². The van der Waals surface area contributed by atoms with Crippen molar-refractivity contribution in [2.24, 2.45) is 0 Å². The molecule has 0 bridgehead atoms. The molecule has 9 nitrogen and oxygen atoms in total. The van der Waals surface area contributed by atoms with E-state index in [1.54, 1.807) is 42.7 Å². The van der Waals surface area contributed by atoms with E-state index in [0.29, 0.717) is 22.1 Å². The van der Waals surface area contributed by atoms with E-state index >= 15 is 0 Å². The molecule has 3 aromatic rings. The van der Waals surface area contributed by atoms with Crippen LogP contribution in [-0.2, 0) is 9.53 Å². The Morgan fingerprint density at radius 1 is 1.03 bits per heavy atom. The molecule has 2 amide bonds. The third-order valence-electron chi connectivity index (χ3n) is 3.80. The summed E-state index contributed by atoms with van der Waals surface area (Å²) < 4.78 is 5.10. The molecule has 0 aliphatic rings. The number of anilines is 1. The van der Waals surface area contributed by atoms with Crippen LogP contribution in [0.5, 0.6) is 0 Å². The summed E-state index contributed by atoms with van der Waals surface area (Å²) in [5.41, 5.74) is 2.45. The van der Waals surface area contributed by atoms with Gasteiger partial charge in [0.2, 0.25) is 0 Å². The highest BCUT2D eigenvalue weighted by Crippen LogP contribution is 2.18. The zero-order valence-electron chi connectivity index (χ0n) is 16.3. The van der Waals surface area contributed by atoms with E-state index in [1.807, 2.05) is 24.3 Å². The number of nitrogens with one attached hydrogen (secondary N) is 2. The Balaban J connectivity index is 1.35. The maximum absolute atomic E-state index is 11.9. The first-order valence-corrected chi connectivity index (χ1v) is 10.2. The van der Waals surface area contributed by atoms with E-state index in [1.165, 1.54) is 0 Å². The van der Waals surface area contributed by atoms with E-state index in [4.69, 9.17) is 10.00 Å². The predicted molar refractivity (Wildman–Crippen MR) is 115 cm³/mol. The first kappa shape index (κ1) is 21.7. The predicted octanol–water partition coefficient (Wildman–Crippen LogP) is 2.87. The molecule has 3 rings (SSSR count). The van der Waals surface area contributed by atoms with E-state index in [9.17, 15) is 9.59 Å². The summed E-state index contributed by atoms with van der Waals surface area (Å²) in [5.74, 6) is -0.394. The number of carbonyl (C=O) groups excluding carboxylic acids is 2. The van der Waals surface area contributed by atoms with Crippen LogP contribution in [0, 0.1) is 11.3 Å². The van der Waals surface area contributed by atoms with Crippen molar-refractivity contribution < 1.29 is 14.3 Å². The van der Waals surface area contributed by atoms with Gasteiger partial charge in [-0.25, -0.2) is 14.8 Å². The van der Waals surface area contributed by atoms with Gasteiger partial charge in [-0.15, -0.1) is 0 Å². The van der Waals surface area contributed by atoms with Gasteiger partial charge < -0.3 is 15.4 Å². The van der Waals surface area contributed by atoms with Crippen LogP contribution in [0.4, 0.5) is 10.5 Å². The largest absolute Gasteiger partial charge is 0.463 e. The molecule has 2 aromatic heterocycles. The van der Waals surface area contributed by atoms with Crippen LogP contribution >= 0.6 is 11.8 Å². The van der Waals surface area contributed by atoms with Crippen LogP contribution in [0.2, 0.25) is 0 Å².